The first-order chi connectivity index (χ1) is 27.3. The largest absolute Gasteiger partial charge is 0.472 e. The predicted octanol–water partition coefficient (Wildman–Crippen LogP) is 12.4. The topological polar surface area (TPSA) is 134 Å². The van der Waals surface area contributed by atoms with E-state index in [0.29, 0.717) is 6.42 Å². The Morgan fingerprint density at radius 1 is 0.554 bits per heavy atom. The number of ether oxygens (including phenoxy) is 2. The number of hydrogen-bond acceptors (Lipinski definition) is 8. The quantitative estimate of drug-likeness (QED) is 0.0269. The molecular formula is C46H78NO8P. The van der Waals surface area contributed by atoms with Gasteiger partial charge in [-0.15, -0.1) is 0 Å². The van der Waals surface area contributed by atoms with Crippen LogP contribution >= 0.6 is 7.82 Å². The van der Waals surface area contributed by atoms with Crippen LogP contribution in [0.2, 0.25) is 0 Å². The van der Waals surface area contributed by atoms with Crippen LogP contribution in [0.5, 0.6) is 0 Å². The number of phosphoric acid groups is 1. The van der Waals surface area contributed by atoms with Crippen molar-refractivity contribution in [1.29, 1.82) is 0 Å². The summed E-state index contributed by atoms with van der Waals surface area (Å²) in [6.45, 7) is 3.51. The molecule has 0 spiro atoms. The summed E-state index contributed by atoms with van der Waals surface area (Å²) in [5, 5.41) is 0. The van der Waals surface area contributed by atoms with Crippen molar-refractivity contribution in [1.82, 2.24) is 0 Å². The van der Waals surface area contributed by atoms with Crippen LogP contribution in [0, 0.1) is 0 Å². The number of carbonyl (C=O) groups is 2. The van der Waals surface area contributed by atoms with Crippen molar-refractivity contribution < 1.29 is 37.6 Å². The molecule has 10 heteroatoms. The van der Waals surface area contributed by atoms with E-state index < -0.39 is 32.5 Å². The lowest BCUT2D eigenvalue weighted by Gasteiger charge is -2.19. The average molecular weight is 804 g/mol. The van der Waals surface area contributed by atoms with Crippen LogP contribution in [0.25, 0.3) is 0 Å². The predicted molar refractivity (Wildman–Crippen MR) is 233 cm³/mol. The van der Waals surface area contributed by atoms with Crippen molar-refractivity contribution in [2.75, 3.05) is 26.4 Å². The third-order valence-corrected chi connectivity index (χ3v) is 9.53. The van der Waals surface area contributed by atoms with Crippen LogP contribution in [0.4, 0.5) is 0 Å². The zero-order chi connectivity index (χ0) is 41.1. The van der Waals surface area contributed by atoms with E-state index in [4.69, 9.17) is 24.3 Å². The van der Waals surface area contributed by atoms with Crippen LogP contribution < -0.4 is 5.73 Å². The van der Waals surface area contributed by atoms with Gasteiger partial charge in [-0.3, -0.25) is 18.6 Å². The van der Waals surface area contributed by atoms with E-state index in [9.17, 15) is 19.0 Å². The molecule has 2 atom stereocenters. The highest BCUT2D eigenvalue weighted by molar-refractivity contribution is 7.47. The maximum Gasteiger partial charge on any atom is 0.472 e. The first kappa shape index (κ1) is 53.2. The number of unbranched alkanes of at least 4 members (excludes halogenated alkanes) is 12. The lowest BCUT2D eigenvalue weighted by molar-refractivity contribution is -0.161. The highest BCUT2D eigenvalue weighted by Gasteiger charge is 2.26. The Hall–Kier alpha value is -2.81. The maximum atomic E-state index is 12.5. The molecule has 9 nitrogen and oxygen atoms in total. The van der Waals surface area contributed by atoms with Crippen molar-refractivity contribution in [3.8, 4) is 0 Å². The molecule has 0 aromatic rings. The normalized spacial score (nSPS) is 14.1. The Balaban J connectivity index is 4.02. The Bertz CT molecular complexity index is 1190. The molecule has 0 amide bonds. The number of hydrogen-bond donors (Lipinski definition) is 2. The van der Waals surface area contributed by atoms with E-state index in [2.05, 4.69) is 98.9 Å². The highest BCUT2D eigenvalue weighted by Crippen LogP contribution is 2.43. The molecule has 2 unspecified atom stereocenters. The number of allylic oxidation sites excluding steroid dienone is 14. The fourth-order valence-corrected chi connectivity index (χ4v) is 6.14. The van der Waals surface area contributed by atoms with Gasteiger partial charge in [-0.05, 0) is 70.6 Å². The third-order valence-electron chi connectivity index (χ3n) is 8.55. The van der Waals surface area contributed by atoms with Crippen LogP contribution in [-0.2, 0) is 32.7 Å². The summed E-state index contributed by atoms with van der Waals surface area (Å²) >= 11 is 0. The summed E-state index contributed by atoms with van der Waals surface area (Å²) in [6.07, 6.45) is 52.3. The molecule has 0 saturated carbocycles. The second kappa shape index (κ2) is 41.8. The molecule has 0 saturated heterocycles. The van der Waals surface area contributed by atoms with Crippen molar-refractivity contribution in [3.05, 3.63) is 85.1 Å². The van der Waals surface area contributed by atoms with E-state index in [0.717, 1.165) is 103 Å². The molecule has 0 aliphatic rings. The molecule has 0 bridgehead atoms. The lowest BCUT2D eigenvalue weighted by atomic mass is 10.1. The number of rotatable bonds is 39. The first-order valence-corrected chi connectivity index (χ1v) is 23.1. The number of carbonyl (C=O) groups excluding carboxylic acids is 2. The number of nitrogens with two attached hydrogens (primary N) is 1. The minimum Gasteiger partial charge on any atom is -0.462 e. The van der Waals surface area contributed by atoms with Gasteiger partial charge in [0.15, 0.2) is 6.10 Å². The van der Waals surface area contributed by atoms with E-state index in [1.807, 2.05) is 0 Å². The summed E-state index contributed by atoms with van der Waals surface area (Å²) in [5.41, 5.74) is 5.32. The van der Waals surface area contributed by atoms with Crippen LogP contribution in [0.15, 0.2) is 85.1 Å². The van der Waals surface area contributed by atoms with E-state index >= 15 is 0 Å². The van der Waals surface area contributed by atoms with Gasteiger partial charge in [-0.25, -0.2) is 4.57 Å². The molecule has 3 N–H and O–H groups in total. The van der Waals surface area contributed by atoms with Crippen LogP contribution in [0.3, 0.4) is 0 Å². The maximum absolute atomic E-state index is 12.5. The van der Waals surface area contributed by atoms with Crippen LogP contribution in [0.1, 0.15) is 162 Å². The molecule has 0 heterocycles. The standard InChI is InChI=1S/C46H78NO8P/c1-3-5-7-9-11-12-13-14-15-16-17-18-19-20-21-22-23-24-25-26-27-28-29-30-31-32-33-35-37-39-46(49)55-44(43-54-56(50,51)53-41-40-47)42-52-45(48)38-36-34-10-8-6-4-2/h5,7,11-12,14-15,17-18,20-21,23-24,26-27,44H,3-4,6,8-10,13,16,19,22,25,28-43,47H2,1-2H3,(H,50,51)/b7-5-,12-11-,15-14-,18-17-,21-20-,24-23-,27-26-. The Morgan fingerprint density at radius 2 is 0.982 bits per heavy atom. The minimum absolute atomic E-state index is 0.0477. The van der Waals surface area contributed by atoms with Gasteiger partial charge in [0.1, 0.15) is 6.61 Å². The molecule has 56 heavy (non-hydrogen) atoms. The van der Waals surface area contributed by atoms with Gasteiger partial charge >= 0.3 is 19.8 Å². The zero-order valence-electron chi connectivity index (χ0n) is 35.1. The molecule has 0 radical (unpaired) electrons. The van der Waals surface area contributed by atoms with Crippen molar-refractivity contribution in [2.24, 2.45) is 5.73 Å². The minimum atomic E-state index is -4.37. The Morgan fingerprint density at radius 3 is 1.46 bits per heavy atom. The van der Waals surface area contributed by atoms with Gasteiger partial charge in [-0.1, -0.05) is 163 Å². The molecule has 0 aromatic carbocycles. The van der Waals surface area contributed by atoms with E-state index in [-0.39, 0.29) is 32.6 Å². The Kier molecular flexibility index (Phi) is 39.7. The summed E-state index contributed by atoms with van der Waals surface area (Å²) in [5.74, 6) is -0.859. The second-order valence-electron chi connectivity index (χ2n) is 13.8. The van der Waals surface area contributed by atoms with E-state index in [1.165, 1.54) is 25.7 Å². The van der Waals surface area contributed by atoms with Gasteiger partial charge in [0.25, 0.3) is 0 Å². The third kappa shape index (κ3) is 40.8. The summed E-state index contributed by atoms with van der Waals surface area (Å²) < 4.78 is 32.5. The number of esters is 2. The monoisotopic (exact) mass is 804 g/mol. The van der Waals surface area contributed by atoms with Crippen molar-refractivity contribution in [3.63, 3.8) is 0 Å². The van der Waals surface area contributed by atoms with Gasteiger partial charge in [-0.2, -0.15) is 0 Å². The van der Waals surface area contributed by atoms with Crippen LogP contribution in [-0.4, -0.2) is 49.3 Å². The van der Waals surface area contributed by atoms with Gasteiger partial charge in [0.05, 0.1) is 13.2 Å². The molecule has 0 aliphatic heterocycles. The molecule has 0 rings (SSSR count). The molecule has 0 aromatic heterocycles. The van der Waals surface area contributed by atoms with E-state index in [1.54, 1.807) is 0 Å². The number of phosphoric ester groups is 1. The molecule has 0 aliphatic carbocycles. The Labute approximate surface area is 341 Å². The van der Waals surface area contributed by atoms with Gasteiger partial charge < -0.3 is 20.1 Å². The summed E-state index contributed by atoms with van der Waals surface area (Å²) in [6, 6.07) is 0. The second-order valence-corrected chi connectivity index (χ2v) is 15.3. The van der Waals surface area contributed by atoms with Crippen molar-refractivity contribution in [2.45, 2.75) is 168 Å². The van der Waals surface area contributed by atoms with Gasteiger partial charge in [0.2, 0.25) is 0 Å². The smallest absolute Gasteiger partial charge is 0.462 e. The molecule has 320 valence electrons. The lowest BCUT2D eigenvalue weighted by Crippen LogP contribution is -2.29. The SMILES string of the molecule is CC/C=C\C/C=C\C/C=C\C/C=C\C/C=C\C/C=C\C/C=C\CCCCCCCCCC(=O)OC(COC(=O)CCCCCCCC)COP(=O)(O)OCCN. The zero-order valence-corrected chi connectivity index (χ0v) is 36.0. The average Bonchev–Trinajstić information content (AvgIpc) is 3.18. The molecular weight excluding hydrogens is 725 g/mol. The van der Waals surface area contributed by atoms with Gasteiger partial charge in [0, 0.05) is 19.4 Å². The fourth-order valence-electron chi connectivity index (χ4n) is 5.38. The fraction of sp³-hybridized carbons (Fsp3) is 0.652. The van der Waals surface area contributed by atoms with Crippen molar-refractivity contribution >= 4 is 19.8 Å². The summed E-state index contributed by atoms with van der Waals surface area (Å²) in [4.78, 5) is 34.6. The highest BCUT2D eigenvalue weighted by atomic mass is 31.2. The first-order valence-electron chi connectivity index (χ1n) is 21.6. The molecule has 0 fully saturated rings. The summed E-state index contributed by atoms with van der Waals surface area (Å²) in [7, 11) is -4.37.